The van der Waals surface area contributed by atoms with Gasteiger partial charge in [-0.15, -0.1) is 5.10 Å². The minimum atomic E-state index is -0.483. The number of carbonyl (C=O) groups is 1. The predicted molar refractivity (Wildman–Crippen MR) is 103 cm³/mol. The summed E-state index contributed by atoms with van der Waals surface area (Å²) in [6.07, 6.45) is 1.58. The predicted octanol–water partition coefficient (Wildman–Crippen LogP) is 3.76. The molecule has 1 atom stereocenters. The maximum Gasteiger partial charge on any atom is 0.251 e. The van der Waals surface area contributed by atoms with E-state index in [9.17, 15) is 4.79 Å². The first kappa shape index (κ1) is 18.6. The molecule has 9 heteroatoms. The number of anilines is 1. The van der Waals surface area contributed by atoms with Gasteiger partial charge in [0.1, 0.15) is 12.4 Å². The van der Waals surface area contributed by atoms with Gasteiger partial charge in [0.25, 0.3) is 5.91 Å². The number of rotatable bonds is 5. The molecule has 1 N–H and O–H groups in total. The summed E-state index contributed by atoms with van der Waals surface area (Å²) in [6, 6.07) is 7.01. The van der Waals surface area contributed by atoms with Crippen LogP contribution in [0.3, 0.4) is 0 Å². The molecular formula is C17H18BrClN6O. The fourth-order valence-electron chi connectivity index (χ4n) is 2.55. The van der Waals surface area contributed by atoms with Gasteiger partial charge in [-0.3, -0.25) is 14.8 Å². The summed E-state index contributed by atoms with van der Waals surface area (Å²) in [5.74, 6) is 0.0313. The van der Waals surface area contributed by atoms with Gasteiger partial charge in [0.15, 0.2) is 0 Å². The lowest BCUT2D eigenvalue weighted by atomic mass is 10.2. The van der Waals surface area contributed by atoms with E-state index >= 15 is 0 Å². The van der Waals surface area contributed by atoms with Crippen molar-refractivity contribution in [1.82, 2.24) is 24.5 Å². The second-order valence-corrected chi connectivity index (χ2v) is 7.22. The highest BCUT2D eigenvalue weighted by Gasteiger charge is 2.21. The third-order valence-electron chi connectivity index (χ3n) is 4.01. The number of carbonyl (C=O) groups excluding carboxylic acids is 1. The van der Waals surface area contributed by atoms with Crippen LogP contribution >= 0.6 is 27.5 Å². The molecule has 1 amide bonds. The Bertz CT molecular complexity index is 933. The van der Waals surface area contributed by atoms with Crippen LogP contribution < -0.4 is 5.32 Å². The highest BCUT2D eigenvalue weighted by molar-refractivity contribution is 9.10. The number of hydrogen-bond donors (Lipinski definition) is 1. The molecule has 2 aromatic heterocycles. The first-order chi connectivity index (χ1) is 12.3. The standard InChI is InChI=1S/C17H18BrClN6O/c1-10-15(18)11(2)25(22-10)12(3)16(26)21-17-20-9-24(23-17)8-13-4-6-14(19)7-5-13/h4-7,9,12H,8H2,1-3H3,(H,21,23,26). The number of halogens is 2. The topological polar surface area (TPSA) is 77.6 Å². The Morgan fingerprint density at radius 1 is 1.27 bits per heavy atom. The van der Waals surface area contributed by atoms with Gasteiger partial charge in [0.2, 0.25) is 5.95 Å². The number of benzene rings is 1. The van der Waals surface area contributed by atoms with Gasteiger partial charge in [0, 0.05) is 5.02 Å². The Hall–Kier alpha value is -2.19. The third kappa shape index (κ3) is 3.96. The number of nitrogens with zero attached hydrogens (tertiary/aromatic N) is 5. The van der Waals surface area contributed by atoms with Gasteiger partial charge in [0.05, 0.1) is 22.4 Å². The van der Waals surface area contributed by atoms with E-state index in [0.717, 1.165) is 21.4 Å². The third-order valence-corrected chi connectivity index (χ3v) is 5.41. The molecule has 0 aliphatic rings. The number of hydrogen-bond acceptors (Lipinski definition) is 4. The van der Waals surface area contributed by atoms with E-state index in [1.807, 2.05) is 38.1 Å². The summed E-state index contributed by atoms with van der Waals surface area (Å²) in [6.45, 7) is 6.12. The van der Waals surface area contributed by atoms with Crippen molar-refractivity contribution in [3.05, 3.63) is 57.0 Å². The highest BCUT2D eigenvalue weighted by atomic mass is 79.9. The molecule has 136 valence electrons. The molecule has 0 saturated heterocycles. The zero-order valence-electron chi connectivity index (χ0n) is 14.6. The maximum absolute atomic E-state index is 12.5. The number of amides is 1. The molecule has 0 radical (unpaired) electrons. The Balaban J connectivity index is 1.67. The fourth-order valence-corrected chi connectivity index (χ4v) is 2.94. The second-order valence-electron chi connectivity index (χ2n) is 5.99. The number of aryl methyl sites for hydroxylation is 1. The quantitative estimate of drug-likeness (QED) is 0.659. The average Bonchev–Trinajstić information content (AvgIpc) is 3.15. The van der Waals surface area contributed by atoms with E-state index in [1.54, 1.807) is 22.6 Å². The van der Waals surface area contributed by atoms with Crippen molar-refractivity contribution >= 4 is 39.4 Å². The van der Waals surface area contributed by atoms with Crippen molar-refractivity contribution in [1.29, 1.82) is 0 Å². The van der Waals surface area contributed by atoms with Crippen LogP contribution in [0.15, 0.2) is 35.1 Å². The van der Waals surface area contributed by atoms with Gasteiger partial charge in [-0.1, -0.05) is 23.7 Å². The number of aromatic nitrogens is 5. The monoisotopic (exact) mass is 436 g/mol. The molecule has 3 aromatic rings. The molecule has 2 heterocycles. The van der Waals surface area contributed by atoms with Crippen LogP contribution in [0.2, 0.25) is 5.02 Å². The van der Waals surface area contributed by atoms with Crippen LogP contribution in [-0.4, -0.2) is 30.5 Å². The van der Waals surface area contributed by atoms with Crippen molar-refractivity contribution in [3.63, 3.8) is 0 Å². The van der Waals surface area contributed by atoms with E-state index in [1.165, 1.54) is 0 Å². The molecular weight excluding hydrogens is 420 g/mol. The summed E-state index contributed by atoms with van der Waals surface area (Å²) in [5, 5.41) is 12.1. The summed E-state index contributed by atoms with van der Waals surface area (Å²) in [7, 11) is 0. The van der Waals surface area contributed by atoms with E-state index in [-0.39, 0.29) is 11.9 Å². The van der Waals surface area contributed by atoms with E-state index in [0.29, 0.717) is 11.6 Å². The lowest BCUT2D eigenvalue weighted by molar-refractivity contribution is -0.119. The summed E-state index contributed by atoms with van der Waals surface area (Å²) < 4.78 is 4.24. The Morgan fingerprint density at radius 2 is 1.96 bits per heavy atom. The largest absolute Gasteiger partial charge is 0.291 e. The summed E-state index contributed by atoms with van der Waals surface area (Å²) in [5.41, 5.74) is 2.77. The van der Waals surface area contributed by atoms with E-state index in [2.05, 4.69) is 36.4 Å². The van der Waals surface area contributed by atoms with Crippen molar-refractivity contribution in [2.45, 2.75) is 33.4 Å². The maximum atomic E-state index is 12.5. The Kier molecular flexibility index (Phi) is 5.43. The van der Waals surface area contributed by atoms with Gasteiger partial charge in [-0.2, -0.15) is 5.10 Å². The Labute approximate surface area is 164 Å². The first-order valence-corrected chi connectivity index (χ1v) is 9.18. The Morgan fingerprint density at radius 3 is 2.58 bits per heavy atom. The lowest BCUT2D eigenvalue weighted by Crippen LogP contribution is -2.25. The molecule has 3 rings (SSSR count). The van der Waals surface area contributed by atoms with Gasteiger partial charge >= 0.3 is 0 Å². The zero-order valence-corrected chi connectivity index (χ0v) is 16.9. The summed E-state index contributed by atoms with van der Waals surface area (Å²) >= 11 is 9.36. The zero-order chi connectivity index (χ0) is 18.8. The SMILES string of the molecule is Cc1nn(C(C)C(=O)Nc2ncn(Cc3ccc(Cl)cc3)n2)c(C)c1Br. The molecule has 26 heavy (non-hydrogen) atoms. The smallest absolute Gasteiger partial charge is 0.251 e. The van der Waals surface area contributed by atoms with Crippen molar-refractivity contribution in [2.75, 3.05) is 5.32 Å². The summed E-state index contributed by atoms with van der Waals surface area (Å²) in [4.78, 5) is 16.6. The van der Waals surface area contributed by atoms with Crippen LogP contribution in [0.5, 0.6) is 0 Å². The van der Waals surface area contributed by atoms with Gasteiger partial charge in [-0.25, -0.2) is 9.67 Å². The molecule has 0 aliphatic carbocycles. The average molecular weight is 438 g/mol. The van der Waals surface area contributed by atoms with Crippen LogP contribution in [0.25, 0.3) is 0 Å². The van der Waals surface area contributed by atoms with Crippen LogP contribution in [-0.2, 0) is 11.3 Å². The fraction of sp³-hybridized carbons (Fsp3) is 0.294. The van der Waals surface area contributed by atoms with Crippen LogP contribution in [0.1, 0.15) is 29.9 Å². The van der Waals surface area contributed by atoms with E-state index < -0.39 is 6.04 Å². The first-order valence-electron chi connectivity index (χ1n) is 8.01. The molecule has 7 nitrogen and oxygen atoms in total. The normalized spacial score (nSPS) is 12.2. The van der Waals surface area contributed by atoms with Crippen molar-refractivity contribution in [2.24, 2.45) is 0 Å². The second kappa shape index (κ2) is 7.59. The van der Waals surface area contributed by atoms with Gasteiger partial charge < -0.3 is 0 Å². The highest BCUT2D eigenvalue weighted by Crippen LogP contribution is 2.23. The lowest BCUT2D eigenvalue weighted by Gasteiger charge is -2.13. The minimum Gasteiger partial charge on any atom is -0.291 e. The van der Waals surface area contributed by atoms with Crippen LogP contribution in [0.4, 0.5) is 5.95 Å². The van der Waals surface area contributed by atoms with Gasteiger partial charge in [-0.05, 0) is 54.4 Å². The molecule has 0 aliphatic heterocycles. The van der Waals surface area contributed by atoms with E-state index in [4.69, 9.17) is 11.6 Å². The molecule has 0 saturated carbocycles. The number of nitrogens with one attached hydrogen (secondary N) is 1. The minimum absolute atomic E-state index is 0.229. The van der Waals surface area contributed by atoms with Crippen molar-refractivity contribution in [3.8, 4) is 0 Å². The van der Waals surface area contributed by atoms with Crippen molar-refractivity contribution < 1.29 is 4.79 Å². The molecule has 0 spiro atoms. The molecule has 1 unspecified atom stereocenters. The molecule has 0 fully saturated rings. The molecule has 1 aromatic carbocycles. The van der Waals surface area contributed by atoms with Crippen LogP contribution in [0, 0.1) is 13.8 Å². The molecule has 0 bridgehead atoms.